The molecule has 1 unspecified atom stereocenters. The molecule has 0 saturated carbocycles. The third kappa shape index (κ3) is 2.29. The molecule has 6 nitrogen and oxygen atoms in total. The third-order valence-electron chi connectivity index (χ3n) is 4.19. The molecule has 2 aliphatic heterocycles. The van der Waals surface area contributed by atoms with Gasteiger partial charge >= 0.3 is 5.97 Å². The Labute approximate surface area is 127 Å². The number of carbonyl (C=O) groups excluding carboxylic acids is 3. The van der Waals surface area contributed by atoms with Gasteiger partial charge in [-0.15, -0.1) is 0 Å². The van der Waals surface area contributed by atoms with Crippen LogP contribution in [0.5, 0.6) is 0 Å². The Morgan fingerprint density at radius 2 is 1.82 bits per heavy atom. The minimum Gasteiger partial charge on any atom is -0.381 e. The maximum absolute atomic E-state index is 12.4. The average molecular weight is 303 g/mol. The van der Waals surface area contributed by atoms with E-state index >= 15 is 0 Å². The molecule has 1 saturated heterocycles. The first-order valence-corrected chi connectivity index (χ1v) is 7.19. The first kappa shape index (κ1) is 14.7. The van der Waals surface area contributed by atoms with Crippen LogP contribution >= 0.6 is 0 Å². The first-order chi connectivity index (χ1) is 10.4. The molecule has 1 fully saturated rings. The van der Waals surface area contributed by atoms with Gasteiger partial charge in [0.15, 0.2) is 0 Å². The molecule has 116 valence electrons. The maximum Gasteiger partial charge on any atom is 0.336 e. The van der Waals surface area contributed by atoms with Gasteiger partial charge in [-0.05, 0) is 18.6 Å². The van der Waals surface area contributed by atoms with E-state index in [-0.39, 0.29) is 11.1 Å². The number of ether oxygens (including phenoxy) is 1. The Hall–Kier alpha value is -2.21. The van der Waals surface area contributed by atoms with Crippen molar-refractivity contribution in [2.45, 2.75) is 20.3 Å². The minimum atomic E-state index is -0.598. The zero-order valence-corrected chi connectivity index (χ0v) is 12.5. The number of carbonyl (C=O) groups is 3. The number of nitrogens with zero attached hydrogens (tertiary/aromatic N) is 1. The van der Waals surface area contributed by atoms with E-state index in [0.717, 1.165) is 0 Å². The second-order valence-electron chi connectivity index (χ2n) is 6.24. The standard InChI is InChI=1S/C16H17NO5/c1-16(2)9-21-8-7-12(16)15(20)22-17-13(18)10-5-3-4-6-11(10)14(17)19/h3-6,12H,7-9H2,1-2H3. The number of imide groups is 1. The molecule has 3 rings (SSSR count). The van der Waals surface area contributed by atoms with Crippen LogP contribution in [0.2, 0.25) is 0 Å². The van der Waals surface area contributed by atoms with Crippen molar-refractivity contribution in [1.82, 2.24) is 5.06 Å². The lowest BCUT2D eigenvalue weighted by atomic mass is 9.76. The summed E-state index contributed by atoms with van der Waals surface area (Å²) in [4.78, 5) is 41.9. The summed E-state index contributed by atoms with van der Waals surface area (Å²) in [5.41, 5.74) is 0.117. The summed E-state index contributed by atoms with van der Waals surface area (Å²) in [6.07, 6.45) is 0.509. The normalized spacial score (nSPS) is 23.4. The SMILES string of the molecule is CC1(C)COCCC1C(=O)ON1C(=O)c2ccccc2C1=O. The van der Waals surface area contributed by atoms with Crippen molar-refractivity contribution in [3.05, 3.63) is 35.4 Å². The monoisotopic (exact) mass is 303 g/mol. The Bertz CT molecular complexity index is 617. The molecule has 0 N–H and O–H groups in total. The smallest absolute Gasteiger partial charge is 0.336 e. The summed E-state index contributed by atoms with van der Waals surface area (Å²) in [5.74, 6) is -2.18. The fourth-order valence-electron chi connectivity index (χ4n) is 2.87. The second kappa shape index (κ2) is 5.21. The molecule has 0 spiro atoms. The Morgan fingerprint density at radius 3 is 2.36 bits per heavy atom. The van der Waals surface area contributed by atoms with E-state index in [1.54, 1.807) is 24.3 Å². The van der Waals surface area contributed by atoms with Crippen molar-refractivity contribution in [3.8, 4) is 0 Å². The Morgan fingerprint density at radius 1 is 1.23 bits per heavy atom. The van der Waals surface area contributed by atoms with Crippen LogP contribution in [-0.4, -0.2) is 36.1 Å². The summed E-state index contributed by atoms with van der Waals surface area (Å²) in [7, 11) is 0. The zero-order chi connectivity index (χ0) is 15.9. The molecule has 0 aliphatic carbocycles. The van der Waals surface area contributed by atoms with Crippen molar-refractivity contribution in [2.24, 2.45) is 11.3 Å². The molecule has 2 aliphatic rings. The van der Waals surface area contributed by atoms with E-state index in [0.29, 0.717) is 24.7 Å². The van der Waals surface area contributed by atoms with Crippen molar-refractivity contribution < 1.29 is 24.0 Å². The Balaban J connectivity index is 1.78. The van der Waals surface area contributed by atoms with E-state index in [9.17, 15) is 14.4 Å². The highest BCUT2D eigenvalue weighted by Gasteiger charge is 2.44. The van der Waals surface area contributed by atoms with Crippen molar-refractivity contribution >= 4 is 17.8 Å². The first-order valence-electron chi connectivity index (χ1n) is 7.19. The van der Waals surface area contributed by atoms with Gasteiger partial charge in [0.25, 0.3) is 11.8 Å². The summed E-state index contributed by atoms with van der Waals surface area (Å²) in [5, 5.41) is 0.568. The number of rotatable bonds is 2. The Kier molecular flexibility index (Phi) is 3.48. The van der Waals surface area contributed by atoms with E-state index in [1.165, 1.54) is 0 Å². The van der Waals surface area contributed by atoms with Crippen LogP contribution in [0.15, 0.2) is 24.3 Å². The van der Waals surface area contributed by atoms with Crippen LogP contribution < -0.4 is 0 Å². The highest BCUT2D eigenvalue weighted by molar-refractivity contribution is 6.20. The predicted octanol–water partition coefficient (Wildman–Crippen LogP) is 1.80. The van der Waals surface area contributed by atoms with Crippen LogP contribution in [-0.2, 0) is 14.4 Å². The second-order valence-corrected chi connectivity index (χ2v) is 6.24. The molecule has 0 radical (unpaired) electrons. The van der Waals surface area contributed by atoms with Gasteiger partial charge in [0.1, 0.15) is 0 Å². The van der Waals surface area contributed by atoms with Gasteiger partial charge in [-0.3, -0.25) is 9.59 Å². The van der Waals surface area contributed by atoms with Crippen LogP contribution in [0.3, 0.4) is 0 Å². The van der Waals surface area contributed by atoms with E-state index in [4.69, 9.17) is 9.57 Å². The van der Waals surface area contributed by atoms with Crippen LogP contribution in [0.25, 0.3) is 0 Å². The molecule has 0 aromatic heterocycles. The summed E-state index contributed by atoms with van der Waals surface area (Å²) in [6.45, 7) is 4.71. The van der Waals surface area contributed by atoms with Gasteiger partial charge in [0, 0.05) is 12.0 Å². The van der Waals surface area contributed by atoms with Gasteiger partial charge in [0.05, 0.1) is 23.7 Å². The number of hydroxylamine groups is 2. The lowest BCUT2D eigenvalue weighted by Gasteiger charge is -2.36. The van der Waals surface area contributed by atoms with E-state index in [1.807, 2.05) is 13.8 Å². The summed E-state index contributed by atoms with van der Waals surface area (Å²) < 4.78 is 5.37. The van der Waals surface area contributed by atoms with Gasteiger partial charge in [-0.2, -0.15) is 0 Å². The molecule has 0 bridgehead atoms. The molecule has 2 amide bonds. The molecular formula is C16H17NO5. The molecule has 1 atom stereocenters. The third-order valence-corrected chi connectivity index (χ3v) is 4.19. The lowest BCUT2D eigenvalue weighted by Crippen LogP contribution is -2.44. The van der Waals surface area contributed by atoms with E-state index in [2.05, 4.69) is 0 Å². The van der Waals surface area contributed by atoms with Gasteiger partial charge < -0.3 is 9.57 Å². The predicted molar refractivity (Wildman–Crippen MR) is 75.7 cm³/mol. The summed E-state index contributed by atoms with van der Waals surface area (Å²) >= 11 is 0. The molecule has 22 heavy (non-hydrogen) atoms. The van der Waals surface area contributed by atoms with Crippen molar-refractivity contribution in [1.29, 1.82) is 0 Å². The zero-order valence-electron chi connectivity index (χ0n) is 12.5. The van der Waals surface area contributed by atoms with Crippen molar-refractivity contribution in [3.63, 3.8) is 0 Å². The van der Waals surface area contributed by atoms with Crippen LogP contribution in [0.4, 0.5) is 0 Å². The highest BCUT2D eigenvalue weighted by Crippen LogP contribution is 2.35. The molecule has 2 heterocycles. The van der Waals surface area contributed by atoms with E-state index < -0.39 is 29.1 Å². The maximum atomic E-state index is 12.4. The average Bonchev–Trinajstić information content (AvgIpc) is 2.72. The fraction of sp³-hybridized carbons (Fsp3) is 0.438. The van der Waals surface area contributed by atoms with Gasteiger partial charge in [-0.1, -0.05) is 31.0 Å². The number of amides is 2. The molecule has 1 aromatic rings. The van der Waals surface area contributed by atoms with Gasteiger partial charge in [0.2, 0.25) is 0 Å². The lowest BCUT2D eigenvalue weighted by molar-refractivity contribution is -0.184. The largest absolute Gasteiger partial charge is 0.381 e. The molecular weight excluding hydrogens is 286 g/mol. The number of fused-ring (bicyclic) bond motifs is 1. The summed E-state index contributed by atoms with van der Waals surface area (Å²) in [6, 6.07) is 6.41. The fourth-order valence-corrected chi connectivity index (χ4v) is 2.87. The molecule has 6 heteroatoms. The van der Waals surface area contributed by atoms with Crippen molar-refractivity contribution in [2.75, 3.05) is 13.2 Å². The topological polar surface area (TPSA) is 72.9 Å². The van der Waals surface area contributed by atoms with Gasteiger partial charge in [-0.25, -0.2) is 4.79 Å². The quantitative estimate of drug-likeness (QED) is 0.779. The highest BCUT2D eigenvalue weighted by atomic mass is 16.7. The number of benzene rings is 1. The van der Waals surface area contributed by atoms with Crippen LogP contribution in [0, 0.1) is 11.3 Å². The minimum absolute atomic E-state index is 0.256. The number of hydrogen-bond donors (Lipinski definition) is 0. The number of hydrogen-bond acceptors (Lipinski definition) is 5. The van der Waals surface area contributed by atoms with Crippen LogP contribution in [0.1, 0.15) is 41.0 Å². The molecule has 1 aromatic carbocycles.